The Bertz CT molecular complexity index is 366. The van der Waals surface area contributed by atoms with Gasteiger partial charge in [0.15, 0.2) is 5.82 Å². The molecule has 0 aliphatic rings. The quantitative estimate of drug-likeness (QED) is 0.809. The van der Waals surface area contributed by atoms with E-state index in [1.54, 1.807) is 11.9 Å². The maximum Gasteiger partial charge on any atom is 0.271 e. The van der Waals surface area contributed by atoms with E-state index in [-0.39, 0.29) is 16.6 Å². The highest BCUT2D eigenvalue weighted by molar-refractivity contribution is 6.32. The van der Waals surface area contributed by atoms with Crippen molar-refractivity contribution in [1.29, 1.82) is 0 Å². The predicted molar refractivity (Wildman–Crippen MR) is 58.5 cm³/mol. The summed E-state index contributed by atoms with van der Waals surface area (Å²) in [6.45, 7) is 1.92. The molecule has 1 N–H and O–H groups in total. The molecule has 0 aliphatic heterocycles. The number of hydrogen-bond donors (Lipinski definition) is 1. The van der Waals surface area contributed by atoms with Gasteiger partial charge >= 0.3 is 0 Å². The van der Waals surface area contributed by atoms with Crippen LogP contribution < -0.4 is 10.5 Å². The first kappa shape index (κ1) is 11.3. The lowest BCUT2D eigenvalue weighted by Crippen LogP contribution is -2.32. The third kappa shape index (κ3) is 2.19. The average Bonchev–Trinajstić information content (AvgIpc) is 2.20. The van der Waals surface area contributed by atoms with Crippen LogP contribution in [0.1, 0.15) is 6.92 Å². The zero-order chi connectivity index (χ0) is 10.7. The molecule has 0 radical (unpaired) electrons. The van der Waals surface area contributed by atoms with Gasteiger partial charge in [0.25, 0.3) is 5.56 Å². The summed E-state index contributed by atoms with van der Waals surface area (Å²) in [5.41, 5.74) is -0.342. The van der Waals surface area contributed by atoms with Gasteiger partial charge in [-0.15, -0.1) is 11.6 Å². The Balaban J connectivity index is 3.07. The number of nitrogens with one attached hydrogen (secondary N) is 1. The highest BCUT2D eigenvalue weighted by Gasteiger charge is 2.14. The highest BCUT2D eigenvalue weighted by atomic mass is 35.5. The molecule has 6 heteroatoms. The topological polar surface area (TPSA) is 49.0 Å². The standard InChI is InChI=1S/C8H11Cl2N3O/c1-5(3-9)13(2)7-6(10)8(14)12-4-11-7/h4-5H,3H2,1-2H3,(H,11,12,14). The maximum atomic E-state index is 11.2. The van der Waals surface area contributed by atoms with Gasteiger partial charge < -0.3 is 9.88 Å². The van der Waals surface area contributed by atoms with Crippen LogP contribution in [0, 0.1) is 0 Å². The van der Waals surface area contributed by atoms with E-state index in [9.17, 15) is 4.79 Å². The summed E-state index contributed by atoms with van der Waals surface area (Å²) in [5, 5.41) is 0.0898. The van der Waals surface area contributed by atoms with E-state index in [4.69, 9.17) is 23.2 Å². The molecular formula is C8H11Cl2N3O. The molecule has 1 rings (SSSR count). The van der Waals surface area contributed by atoms with Crippen LogP contribution in [0.4, 0.5) is 5.82 Å². The zero-order valence-electron chi connectivity index (χ0n) is 7.92. The van der Waals surface area contributed by atoms with Gasteiger partial charge in [0.2, 0.25) is 0 Å². The SMILES string of the molecule is CC(CCl)N(C)c1nc[nH]c(=O)c1Cl. The molecular weight excluding hydrogens is 225 g/mol. The van der Waals surface area contributed by atoms with Crippen molar-refractivity contribution in [2.75, 3.05) is 17.8 Å². The van der Waals surface area contributed by atoms with Gasteiger partial charge in [0.05, 0.1) is 6.33 Å². The number of hydrogen-bond acceptors (Lipinski definition) is 3. The Hall–Kier alpha value is -0.740. The monoisotopic (exact) mass is 235 g/mol. The number of nitrogens with zero attached hydrogens (tertiary/aromatic N) is 2. The Morgan fingerprint density at radius 2 is 2.36 bits per heavy atom. The molecule has 14 heavy (non-hydrogen) atoms. The zero-order valence-corrected chi connectivity index (χ0v) is 9.43. The average molecular weight is 236 g/mol. The lowest BCUT2D eigenvalue weighted by Gasteiger charge is -2.24. The number of anilines is 1. The Morgan fingerprint density at radius 3 is 2.93 bits per heavy atom. The number of H-pyrrole nitrogens is 1. The van der Waals surface area contributed by atoms with Crippen molar-refractivity contribution in [3.05, 3.63) is 21.7 Å². The summed E-state index contributed by atoms with van der Waals surface area (Å²) < 4.78 is 0. The molecule has 0 saturated heterocycles. The molecule has 1 unspecified atom stereocenters. The second kappa shape index (κ2) is 4.66. The van der Waals surface area contributed by atoms with E-state index in [1.165, 1.54) is 6.33 Å². The minimum Gasteiger partial charge on any atom is -0.354 e. The van der Waals surface area contributed by atoms with Crippen LogP contribution in [-0.2, 0) is 0 Å². The minimum atomic E-state index is -0.342. The lowest BCUT2D eigenvalue weighted by atomic mass is 10.3. The number of alkyl halides is 1. The Morgan fingerprint density at radius 1 is 1.71 bits per heavy atom. The fourth-order valence-electron chi connectivity index (χ4n) is 0.932. The smallest absolute Gasteiger partial charge is 0.271 e. The number of rotatable bonds is 3. The van der Waals surface area contributed by atoms with Gasteiger partial charge in [0, 0.05) is 19.0 Å². The van der Waals surface area contributed by atoms with E-state index in [1.807, 2.05) is 6.92 Å². The summed E-state index contributed by atoms with van der Waals surface area (Å²) in [7, 11) is 1.79. The van der Waals surface area contributed by atoms with Crippen LogP contribution in [0.15, 0.2) is 11.1 Å². The Labute approximate surface area is 91.9 Å². The summed E-state index contributed by atoms with van der Waals surface area (Å²) in [5.74, 6) is 0.893. The van der Waals surface area contributed by atoms with Gasteiger partial charge in [-0.05, 0) is 6.92 Å². The molecule has 1 aromatic rings. The summed E-state index contributed by atoms with van der Waals surface area (Å²) in [6, 6.07) is 0.0727. The van der Waals surface area contributed by atoms with Crippen molar-refractivity contribution in [2.45, 2.75) is 13.0 Å². The first-order chi connectivity index (χ1) is 6.57. The summed E-state index contributed by atoms with van der Waals surface area (Å²) >= 11 is 11.5. The van der Waals surface area contributed by atoms with Crippen molar-refractivity contribution >= 4 is 29.0 Å². The van der Waals surface area contributed by atoms with Crippen molar-refractivity contribution in [3.8, 4) is 0 Å². The molecule has 4 nitrogen and oxygen atoms in total. The third-order valence-electron chi connectivity index (χ3n) is 2.00. The molecule has 1 heterocycles. The van der Waals surface area contributed by atoms with E-state index in [0.717, 1.165) is 0 Å². The van der Waals surface area contributed by atoms with Gasteiger partial charge in [-0.2, -0.15) is 0 Å². The fourth-order valence-corrected chi connectivity index (χ4v) is 1.38. The third-order valence-corrected chi connectivity index (χ3v) is 2.78. The predicted octanol–water partition coefficient (Wildman–Crippen LogP) is 1.49. The van der Waals surface area contributed by atoms with E-state index >= 15 is 0 Å². The second-order valence-electron chi connectivity index (χ2n) is 2.98. The normalized spacial score (nSPS) is 12.6. The molecule has 1 aromatic heterocycles. The van der Waals surface area contributed by atoms with Crippen LogP contribution in [-0.4, -0.2) is 28.9 Å². The number of halogens is 2. The fraction of sp³-hybridized carbons (Fsp3) is 0.500. The highest BCUT2D eigenvalue weighted by Crippen LogP contribution is 2.18. The summed E-state index contributed by atoms with van der Waals surface area (Å²) in [4.78, 5) is 19.3. The van der Waals surface area contributed by atoms with Gasteiger partial charge in [-0.1, -0.05) is 11.6 Å². The van der Waals surface area contributed by atoms with E-state index < -0.39 is 0 Å². The molecule has 0 aliphatic carbocycles. The minimum absolute atomic E-state index is 0.0727. The molecule has 0 aromatic carbocycles. The molecule has 0 fully saturated rings. The first-order valence-corrected chi connectivity index (χ1v) is 5.01. The van der Waals surface area contributed by atoms with E-state index in [0.29, 0.717) is 11.7 Å². The van der Waals surface area contributed by atoms with Crippen LogP contribution in [0.25, 0.3) is 0 Å². The molecule has 78 valence electrons. The van der Waals surface area contributed by atoms with Crippen LogP contribution in [0.5, 0.6) is 0 Å². The van der Waals surface area contributed by atoms with Crippen LogP contribution in [0.3, 0.4) is 0 Å². The largest absolute Gasteiger partial charge is 0.354 e. The second-order valence-corrected chi connectivity index (χ2v) is 3.67. The van der Waals surface area contributed by atoms with Gasteiger partial charge in [-0.25, -0.2) is 4.98 Å². The van der Waals surface area contributed by atoms with Crippen LogP contribution in [0.2, 0.25) is 5.02 Å². The van der Waals surface area contributed by atoms with Crippen LogP contribution >= 0.6 is 23.2 Å². The van der Waals surface area contributed by atoms with Gasteiger partial charge in [0.1, 0.15) is 5.02 Å². The molecule has 0 saturated carbocycles. The number of aromatic nitrogens is 2. The number of aromatic amines is 1. The lowest BCUT2D eigenvalue weighted by molar-refractivity contribution is 0.746. The van der Waals surface area contributed by atoms with Crippen molar-refractivity contribution in [3.63, 3.8) is 0 Å². The first-order valence-electron chi connectivity index (χ1n) is 4.10. The van der Waals surface area contributed by atoms with Crippen molar-refractivity contribution < 1.29 is 0 Å². The van der Waals surface area contributed by atoms with E-state index in [2.05, 4.69) is 9.97 Å². The van der Waals surface area contributed by atoms with Gasteiger partial charge in [-0.3, -0.25) is 4.79 Å². The summed E-state index contributed by atoms with van der Waals surface area (Å²) in [6.07, 6.45) is 1.32. The molecule has 0 bridgehead atoms. The van der Waals surface area contributed by atoms with Crippen molar-refractivity contribution in [2.24, 2.45) is 0 Å². The van der Waals surface area contributed by atoms with Crippen molar-refractivity contribution in [1.82, 2.24) is 9.97 Å². The maximum absolute atomic E-state index is 11.2. The Kier molecular flexibility index (Phi) is 3.77. The molecule has 0 amide bonds. The molecule has 1 atom stereocenters. The molecule has 0 spiro atoms.